The Balaban J connectivity index is 1.65. The summed E-state index contributed by atoms with van der Waals surface area (Å²) in [6.45, 7) is 2.02. The standard InChI is InChI=1S/C15H15N5O2/c1-2-10-8-12(19-18-10)15-17-13(20-22-15)9-14(21)16-11-6-4-3-5-7-11/h3-8H,2,9H2,1H3,(H,16,21)(H,18,19). The van der Waals surface area contributed by atoms with Gasteiger partial charge >= 0.3 is 0 Å². The Morgan fingerprint density at radius 3 is 2.86 bits per heavy atom. The van der Waals surface area contributed by atoms with Gasteiger partial charge in [-0.3, -0.25) is 9.89 Å². The number of aromatic nitrogens is 4. The first-order chi connectivity index (χ1) is 10.7. The van der Waals surface area contributed by atoms with Crippen molar-refractivity contribution in [3.8, 4) is 11.6 Å². The van der Waals surface area contributed by atoms with Crippen molar-refractivity contribution in [3.05, 3.63) is 47.9 Å². The highest BCUT2D eigenvalue weighted by Gasteiger charge is 2.14. The molecule has 2 aromatic heterocycles. The number of anilines is 1. The summed E-state index contributed by atoms with van der Waals surface area (Å²) in [5.74, 6) is 0.428. The van der Waals surface area contributed by atoms with Gasteiger partial charge in [0.05, 0.1) is 6.42 Å². The van der Waals surface area contributed by atoms with Gasteiger partial charge in [0, 0.05) is 11.4 Å². The fourth-order valence-corrected chi connectivity index (χ4v) is 1.95. The number of H-pyrrole nitrogens is 1. The summed E-state index contributed by atoms with van der Waals surface area (Å²) in [5, 5.41) is 13.6. The summed E-state index contributed by atoms with van der Waals surface area (Å²) >= 11 is 0. The van der Waals surface area contributed by atoms with Crippen LogP contribution in [-0.4, -0.2) is 26.2 Å². The highest BCUT2D eigenvalue weighted by Crippen LogP contribution is 2.16. The summed E-state index contributed by atoms with van der Waals surface area (Å²) in [5.41, 5.74) is 2.30. The first-order valence-electron chi connectivity index (χ1n) is 6.96. The van der Waals surface area contributed by atoms with Crippen molar-refractivity contribution in [2.24, 2.45) is 0 Å². The molecule has 0 radical (unpaired) electrons. The van der Waals surface area contributed by atoms with Crippen LogP contribution < -0.4 is 5.32 Å². The van der Waals surface area contributed by atoms with Gasteiger partial charge in [-0.15, -0.1) is 0 Å². The monoisotopic (exact) mass is 297 g/mol. The predicted octanol–water partition coefficient (Wildman–Crippen LogP) is 2.20. The van der Waals surface area contributed by atoms with Gasteiger partial charge in [-0.1, -0.05) is 30.3 Å². The second kappa shape index (κ2) is 6.21. The van der Waals surface area contributed by atoms with E-state index < -0.39 is 0 Å². The van der Waals surface area contributed by atoms with Crippen molar-refractivity contribution < 1.29 is 9.32 Å². The van der Waals surface area contributed by atoms with Gasteiger partial charge in [0.25, 0.3) is 5.89 Å². The number of para-hydroxylation sites is 1. The van der Waals surface area contributed by atoms with Gasteiger partial charge in [-0.05, 0) is 24.6 Å². The Hall–Kier alpha value is -2.96. The summed E-state index contributed by atoms with van der Waals surface area (Å²) in [7, 11) is 0. The number of aromatic amines is 1. The summed E-state index contributed by atoms with van der Waals surface area (Å²) in [6, 6.07) is 11.1. The number of rotatable bonds is 5. The Labute approximate surface area is 126 Å². The van der Waals surface area contributed by atoms with Crippen molar-refractivity contribution in [3.63, 3.8) is 0 Å². The van der Waals surface area contributed by atoms with Crippen LogP contribution in [0.25, 0.3) is 11.6 Å². The quantitative estimate of drug-likeness (QED) is 0.752. The predicted molar refractivity (Wildman–Crippen MR) is 80.0 cm³/mol. The molecular formula is C15H15N5O2. The smallest absolute Gasteiger partial charge is 0.278 e. The number of benzene rings is 1. The third-order valence-corrected chi connectivity index (χ3v) is 3.08. The van der Waals surface area contributed by atoms with E-state index in [1.54, 1.807) is 0 Å². The number of hydrogen-bond acceptors (Lipinski definition) is 5. The van der Waals surface area contributed by atoms with E-state index in [0.717, 1.165) is 17.8 Å². The molecule has 1 aromatic carbocycles. The minimum Gasteiger partial charge on any atom is -0.332 e. The van der Waals surface area contributed by atoms with Crippen LogP contribution in [0, 0.1) is 0 Å². The SMILES string of the molecule is CCc1cc(-c2nc(CC(=O)Nc3ccccc3)no2)n[nH]1. The molecule has 0 fully saturated rings. The molecule has 0 saturated heterocycles. The van der Waals surface area contributed by atoms with Crippen molar-refractivity contribution in [2.45, 2.75) is 19.8 Å². The number of carbonyl (C=O) groups is 1. The fourth-order valence-electron chi connectivity index (χ4n) is 1.95. The molecule has 1 amide bonds. The lowest BCUT2D eigenvalue weighted by Gasteiger charge is -2.01. The van der Waals surface area contributed by atoms with Crippen molar-refractivity contribution in [2.75, 3.05) is 5.32 Å². The number of nitrogens with one attached hydrogen (secondary N) is 2. The maximum atomic E-state index is 11.9. The molecule has 2 N–H and O–H groups in total. The molecule has 2 heterocycles. The second-order valence-electron chi connectivity index (χ2n) is 4.74. The molecule has 0 aliphatic heterocycles. The van der Waals surface area contributed by atoms with E-state index in [-0.39, 0.29) is 12.3 Å². The van der Waals surface area contributed by atoms with Crippen molar-refractivity contribution in [1.29, 1.82) is 0 Å². The molecule has 0 aliphatic carbocycles. The van der Waals surface area contributed by atoms with Crippen LogP contribution in [0.2, 0.25) is 0 Å². The number of aryl methyl sites for hydroxylation is 1. The number of amides is 1. The Bertz CT molecular complexity index is 763. The molecule has 7 heteroatoms. The Kier molecular flexibility index (Phi) is 3.95. The largest absolute Gasteiger partial charge is 0.332 e. The summed E-state index contributed by atoms with van der Waals surface area (Å²) < 4.78 is 5.14. The maximum absolute atomic E-state index is 11.9. The fraction of sp³-hybridized carbons (Fsp3) is 0.200. The van der Waals surface area contributed by atoms with Gasteiger partial charge < -0.3 is 9.84 Å². The van der Waals surface area contributed by atoms with Crippen LogP contribution >= 0.6 is 0 Å². The van der Waals surface area contributed by atoms with Crippen LogP contribution in [0.5, 0.6) is 0 Å². The van der Waals surface area contributed by atoms with Crippen LogP contribution in [0.3, 0.4) is 0 Å². The normalized spacial score (nSPS) is 10.6. The van der Waals surface area contributed by atoms with Crippen LogP contribution in [0.1, 0.15) is 18.4 Å². The Morgan fingerprint density at radius 1 is 1.32 bits per heavy atom. The first kappa shape index (κ1) is 14.0. The number of nitrogens with zero attached hydrogens (tertiary/aromatic N) is 3. The second-order valence-corrected chi connectivity index (χ2v) is 4.74. The average Bonchev–Trinajstić information content (AvgIpc) is 3.16. The summed E-state index contributed by atoms with van der Waals surface area (Å²) in [4.78, 5) is 16.1. The lowest BCUT2D eigenvalue weighted by atomic mass is 10.3. The zero-order valence-electron chi connectivity index (χ0n) is 12.0. The number of hydrogen-bond donors (Lipinski definition) is 2. The van der Waals surface area contributed by atoms with E-state index >= 15 is 0 Å². The molecule has 0 saturated carbocycles. The molecule has 0 aliphatic rings. The minimum absolute atomic E-state index is 0.0451. The Morgan fingerprint density at radius 2 is 2.14 bits per heavy atom. The number of carbonyl (C=O) groups excluding carboxylic acids is 1. The van der Waals surface area contributed by atoms with E-state index in [4.69, 9.17) is 4.52 Å². The molecule has 0 spiro atoms. The molecule has 112 valence electrons. The molecule has 7 nitrogen and oxygen atoms in total. The topological polar surface area (TPSA) is 96.7 Å². The van der Waals surface area contributed by atoms with Gasteiger partial charge in [-0.25, -0.2) is 0 Å². The molecule has 0 atom stereocenters. The van der Waals surface area contributed by atoms with Crippen molar-refractivity contribution >= 4 is 11.6 Å². The van der Waals surface area contributed by atoms with Gasteiger partial charge in [0.2, 0.25) is 5.91 Å². The first-order valence-corrected chi connectivity index (χ1v) is 6.96. The lowest BCUT2D eigenvalue weighted by molar-refractivity contribution is -0.115. The third kappa shape index (κ3) is 3.20. The molecule has 0 unspecified atom stereocenters. The molecule has 22 heavy (non-hydrogen) atoms. The van der Waals surface area contributed by atoms with Crippen LogP contribution in [0.15, 0.2) is 40.9 Å². The zero-order chi connectivity index (χ0) is 15.4. The third-order valence-electron chi connectivity index (χ3n) is 3.08. The molecule has 3 aromatic rings. The highest BCUT2D eigenvalue weighted by atomic mass is 16.5. The molecule has 3 rings (SSSR count). The van der Waals surface area contributed by atoms with E-state index in [1.807, 2.05) is 43.3 Å². The van der Waals surface area contributed by atoms with E-state index in [2.05, 4.69) is 25.7 Å². The van der Waals surface area contributed by atoms with Crippen LogP contribution in [-0.2, 0) is 17.6 Å². The van der Waals surface area contributed by atoms with E-state index in [9.17, 15) is 4.79 Å². The van der Waals surface area contributed by atoms with Gasteiger partial charge in [-0.2, -0.15) is 10.1 Å². The lowest BCUT2D eigenvalue weighted by Crippen LogP contribution is -2.15. The minimum atomic E-state index is -0.199. The zero-order valence-corrected chi connectivity index (χ0v) is 12.0. The van der Waals surface area contributed by atoms with Gasteiger partial charge in [0.1, 0.15) is 0 Å². The van der Waals surface area contributed by atoms with E-state index in [1.165, 1.54) is 0 Å². The van der Waals surface area contributed by atoms with Crippen molar-refractivity contribution in [1.82, 2.24) is 20.3 Å². The highest BCUT2D eigenvalue weighted by molar-refractivity contribution is 5.91. The van der Waals surface area contributed by atoms with Crippen LogP contribution in [0.4, 0.5) is 5.69 Å². The van der Waals surface area contributed by atoms with Gasteiger partial charge in [0.15, 0.2) is 11.5 Å². The molecular weight excluding hydrogens is 282 g/mol. The van der Waals surface area contributed by atoms with E-state index in [0.29, 0.717) is 17.4 Å². The molecule has 0 bridgehead atoms. The maximum Gasteiger partial charge on any atom is 0.278 e. The summed E-state index contributed by atoms with van der Waals surface area (Å²) in [6.07, 6.45) is 0.886. The average molecular weight is 297 g/mol.